The molecule has 0 aromatic heterocycles. The summed E-state index contributed by atoms with van der Waals surface area (Å²) in [4.78, 5) is 14.6. The molecule has 0 heterocycles. The predicted molar refractivity (Wildman–Crippen MR) is 68.3 cm³/mol. The van der Waals surface area contributed by atoms with Gasteiger partial charge in [-0.1, -0.05) is 47.5 Å². The summed E-state index contributed by atoms with van der Waals surface area (Å²) < 4.78 is 0. The van der Waals surface area contributed by atoms with Gasteiger partial charge in [0, 0.05) is 18.0 Å². The van der Waals surface area contributed by atoms with Crippen molar-refractivity contribution in [2.75, 3.05) is 6.54 Å². The monoisotopic (exact) mass is 225 g/mol. The van der Waals surface area contributed by atoms with E-state index in [2.05, 4.69) is 18.7 Å². The molecule has 0 spiro atoms. The van der Waals surface area contributed by atoms with E-state index >= 15 is 0 Å². The first-order valence-corrected chi connectivity index (χ1v) is 6.63. The summed E-state index contributed by atoms with van der Waals surface area (Å²) in [6.45, 7) is 11.4. The Bertz CT molecular complexity index is 234. The van der Waals surface area contributed by atoms with Crippen molar-refractivity contribution in [3.05, 3.63) is 0 Å². The molecule has 1 fully saturated rings. The van der Waals surface area contributed by atoms with Crippen molar-refractivity contribution in [1.82, 2.24) is 4.90 Å². The Kier molecular flexibility index (Phi) is 4.40. The molecule has 0 aromatic rings. The largest absolute Gasteiger partial charge is 0.339 e. The highest BCUT2D eigenvalue weighted by Crippen LogP contribution is 2.28. The van der Waals surface area contributed by atoms with Crippen LogP contribution in [0.5, 0.6) is 0 Å². The third-order valence-corrected chi connectivity index (χ3v) is 3.23. The van der Waals surface area contributed by atoms with Gasteiger partial charge in [-0.25, -0.2) is 0 Å². The van der Waals surface area contributed by atoms with Crippen LogP contribution in [-0.2, 0) is 4.79 Å². The lowest BCUT2D eigenvalue weighted by molar-refractivity contribution is -0.142. The zero-order valence-corrected chi connectivity index (χ0v) is 11.5. The standard InChI is InChI=1S/C14H27NO/c1-11(2)10-15(12-8-6-7-9-12)13(16)14(3,4)5/h11-12H,6-10H2,1-5H3. The van der Waals surface area contributed by atoms with E-state index in [9.17, 15) is 4.79 Å². The van der Waals surface area contributed by atoms with Gasteiger partial charge in [-0.15, -0.1) is 0 Å². The smallest absolute Gasteiger partial charge is 0.228 e. The molecule has 0 saturated heterocycles. The van der Waals surface area contributed by atoms with Gasteiger partial charge in [0.15, 0.2) is 0 Å². The highest BCUT2D eigenvalue weighted by Gasteiger charge is 2.33. The van der Waals surface area contributed by atoms with Crippen LogP contribution < -0.4 is 0 Å². The van der Waals surface area contributed by atoms with Crippen molar-refractivity contribution in [2.24, 2.45) is 11.3 Å². The van der Waals surface area contributed by atoms with E-state index in [0.29, 0.717) is 17.9 Å². The SMILES string of the molecule is CC(C)CN(C(=O)C(C)(C)C)C1CCCC1. The number of carbonyl (C=O) groups is 1. The fraction of sp³-hybridized carbons (Fsp3) is 0.929. The average molecular weight is 225 g/mol. The maximum atomic E-state index is 12.4. The van der Waals surface area contributed by atoms with Crippen molar-refractivity contribution < 1.29 is 4.79 Å². The van der Waals surface area contributed by atoms with Gasteiger partial charge in [0.25, 0.3) is 0 Å². The van der Waals surface area contributed by atoms with Crippen LogP contribution in [0.4, 0.5) is 0 Å². The molecule has 0 atom stereocenters. The maximum Gasteiger partial charge on any atom is 0.228 e. The molecule has 0 aromatic carbocycles. The second kappa shape index (κ2) is 5.20. The van der Waals surface area contributed by atoms with Crippen molar-refractivity contribution >= 4 is 5.91 Å². The fourth-order valence-electron chi connectivity index (χ4n) is 2.44. The van der Waals surface area contributed by atoms with E-state index < -0.39 is 0 Å². The van der Waals surface area contributed by atoms with E-state index in [4.69, 9.17) is 0 Å². The molecule has 0 radical (unpaired) electrons. The molecule has 0 bridgehead atoms. The Hall–Kier alpha value is -0.530. The van der Waals surface area contributed by atoms with Gasteiger partial charge in [0.2, 0.25) is 5.91 Å². The number of nitrogens with zero attached hydrogens (tertiary/aromatic N) is 1. The first kappa shape index (κ1) is 13.5. The van der Waals surface area contributed by atoms with Crippen LogP contribution in [0.1, 0.15) is 60.3 Å². The number of amides is 1. The van der Waals surface area contributed by atoms with Gasteiger partial charge in [-0.3, -0.25) is 4.79 Å². The summed E-state index contributed by atoms with van der Waals surface area (Å²) in [6, 6.07) is 0.508. The molecule has 1 saturated carbocycles. The Labute approximate surface area is 100 Å². The fourth-order valence-corrected chi connectivity index (χ4v) is 2.44. The minimum absolute atomic E-state index is 0.239. The lowest BCUT2D eigenvalue weighted by atomic mass is 9.93. The predicted octanol–water partition coefficient (Wildman–Crippen LogP) is 3.46. The second-order valence-electron chi connectivity index (χ2n) is 6.54. The first-order valence-electron chi connectivity index (χ1n) is 6.63. The molecule has 0 N–H and O–H groups in total. The van der Waals surface area contributed by atoms with Crippen molar-refractivity contribution in [1.29, 1.82) is 0 Å². The average Bonchev–Trinajstić information content (AvgIpc) is 2.63. The highest BCUT2D eigenvalue weighted by molar-refractivity contribution is 5.81. The van der Waals surface area contributed by atoms with Crippen LogP contribution in [0.15, 0.2) is 0 Å². The van der Waals surface area contributed by atoms with Gasteiger partial charge in [0.05, 0.1) is 0 Å². The molecule has 1 rings (SSSR count). The quantitative estimate of drug-likeness (QED) is 0.720. The lowest BCUT2D eigenvalue weighted by Gasteiger charge is -2.35. The van der Waals surface area contributed by atoms with Gasteiger partial charge in [-0.2, -0.15) is 0 Å². The van der Waals surface area contributed by atoms with Gasteiger partial charge in [0.1, 0.15) is 0 Å². The Morgan fingerprint density at radius 1 is 1.25 bits per heavy atom. The van der Waals surface area contributed by atoms with Crippen LogP contribution in [0.25, 0.3) is 0 Å². The molecule has 1 aliphatic carbocycles. The van der Waals surface area contributed by atoms with Crippen LogP contribution in [-0.4, -0.2) is 23.4 Å². The summed E-state index contributed by atoms with van der Waals surface area (Å²) >= 11 is 0. The molecule has 2 heteroatoms. The summed E-state index contributed by atoms with van der Waals surface area (Å²) in [5, 5.41) is 0. The molecule has 1 aliphatic rings. The number of carbonyl (C=O) groups excluding carboxylic acids is 1. The molecule has 0 aliphatic heterocycles. The zero-order valence-electron chi connectivity index (χ0n) is 11.5. The summed E-state index contributed by atoms with van der Waals surface area (Å²) in [5.74, 6) is 0.889. The molecule has 16 heavy (non-hydrogen) atoms. The van der Waals surface area contributed by atoms with Crippen molar-refractivity contribution in [3.63, 3.8) is 0 Å². The van der Waals surface area contributed by atoms with E-state index in [0.717, 1.165) is 6.54 Å². The molecule has 0 unspecified atom stereocenters. The third-order valence-electron chi connectivity index (χ3n) is 3.23. The van der Waals surface area contributed by atoms with E-state index in [1.165, 1.54) is 25.7 Å². The Morgan fingerprint density at radius 3 is 2.12 bits per heavy atom. The minimum atomic E-state index is -0.239. The summed E-state index contributed by atoms with van der Waals surface area (Å²) in [6.07, 6.45) is 4.98. The number of hydrogen-bond donors (Lipinski definition) is 0. The third kappa shape index (κ3) is 3.50. The lowest BCUT2D eigenvalue weighted by Crippen LogP contribution is -2.46. The van der Waals surface area contributed by atoms with Crippen LogP contribution in [0.3, 0.4) is 0 Å². The molecule has 1 amide bonds. The van der Waals surface area contributed by atoms with Gasteiger partial charge < -0.3 is 4.90 Å². The molecular weight excluding hydrogens is 198 g/mol. The molecular formula is C14H27NO. The maximum absolute atomic E-state index is 12.4. The van der Waals surface area contributed by atoms with Crippen LogP contribution in [0.2, 0.25) is 0 Å². The Balaban J connectivity index is 2.73. The summed E-state index contributed by atoms with van der Waals surface area (Å²) in [5.41, 5.74) is -0.239. The highest BCUT2D eigenvalue weighted by atomic mass is 16.2. The van der Waals surface area contributed by atoms with E-state index in [1.54, 1.807) is 0 Å². The van der Waals surface area contributed by atoms with Crippen LogP contribution >= 0.6 is 0 Å². The first-order chi connectivity index (χ1) is 7.32. The van der Waals surface area contributed by atoms with Crippen molar-refractivity contribution in [2.45, 2.75) is 66.3 Å². The van der Waals surface area contributed by atoms with E-state index in [-0.39, 0.29) is 5.41 Å². The zero-order chi connectivity index (χ0) is 12.3. The van der Waals surface area contributed by atoms with Crippen molar-refractivity contribution in [3.8, 4) is 0 Å². The van der Waals surface area contributed by atoms with Crippen LogP contribution in [0, 0.1) is 11.3 Å². The molecule has 94 valence electrons. The van der Waals surface area contributed by atoms with Gasteiger partial charge in [-0.05, 0) is 18.8 Å². The Morgan fingerprint density at radius 2 is 1.75 bits per heavy atom. The normalized spacial score (nSPS) is 18.1. The van der Waals surface area contributed by atoms with E-state index in [1.807, 2.05) is 20.8 Å². The molecule has 2 nitrogen and oxygen atoms in total. The minimum Gasteiger partial charge on any atom is -0.339 e. The summed E-state index contributed by atoms with van der Waals surface area (Å²) in [7, 11) is 0. The van der Waals surface area contributed by atoms with Gasteiger partial charge >= 0.3 is 0 Å². The number of hydrogen-bond acceptors (Lipinski definition) is 1. The topological polar surface area (TPSA) is 20.3 Å². The second-order valence-corrected chi connectivity index (χ2v) is 6.54. The number of rotatable bonds is 3.